The maximum atomic E-state index is 10.6. The van der Waals surface area contributed by atoms with Crippen LogP contribution in [0.1, 0.15) is 24.1 Å². The van der Waals surface area contributed by atoms with Crippen LogP contribution in [-0.2, 0) is 0 Å². The molecule has 3 N–H and O–H groups in total. The van der Waals surface area contributed by atoms with Crippen LogP contribution in [0.4, 0.5) is 5.69 Å². The third-order valence-electron chi connectivity index (χ3n) is 3.65. The highest BCUT2D eigenvalue weighted by molar-refractivity contribution is 6.30. The molecule has 0 heterocycles. The standard InChI is InChI=1S/C18H23ClN2O/c1-3-20-12-17(22)18(14-8-6-9-15(19)11-14)21-16-10-5-4-7-13(16)2/h4-11,17-18,20-22H,3,12H2,1-2H3. The molecule has 0 bridgehead atoms. The smallest absolute Gasteiger partial charge is 0.0907 e. The Kier molecular flexibility index (Phi) is 6.25. The molecule has 0 aliphatic carbocycles. The van der Waals surface area contributed by atoms with Gasteiger partial charge in [0.2, 0.25) is 0 Å². The fraction of sp³-hybridized carbons (Fsp3) is 0.333. The summed E-state index contributed by atoms with van der Waals surface area (Å²) >= 11 is 6.11. The molecule has 0 saturated carbocycles. The third kappa shape index (κ3) is 4.47. The number of nitrogens with one attached hydrogen (secondary N) is 2. The first-order valence-electron chi connectivity index (χ1n) is 7.58. The molecule has 22 heavy (non-hydrogen) atoms. The number of para-hydroxylation sites is 1. The predicted molar refractivity (Wildman–Crippen MR) is 93.5 cm³/mol. The topological polar surface area (TPSA) is 44.3 Å². The quantitative estimate of drug-likeness (QED) is 0.728. The number of rotatable bonds is 7. The number of halogens is 1. The zero-order chi connectivity index (χ0) is 15.9. The van der Waals surface area contributed by atoms with Crippen LogP contribution in [0.25, 0.3) is 0 Å². The number of anilines is 1. The van der Waals surface area contributed by atoms with Crippen molar-refractivity contribution in [1.29, 1.82) is 0 Å². The van der Waals surface area contributed by atoms with Gasteiger partial charge < -0.3 is 15.7 Å². The van der Waals surface area contributed by atoms with E-state index in [1.165, 1.54) is 0 Å². The second-order valence-corrected chi connectivity index (χ2v) is 5.80. The molecule has 4 heteroatoms. The average Bonchev–Trinajstić information content (AvgIpc) is 2.51. The molecular weight excluding hydrogens is 296 g/mol. The van der Waals surface area contributed by atoms with Gasteiger partial charge in [0.05, 0.1) is 12.1 Å². The number of aliphatic hydroxyl groups is 1. The Balaban J connectivity index is 2.27. The summed E-state index contributed by atoms with van der Waals surface area (Å²) in [5.74, 6) is 0. The van der Waals surface area contributed by atoms with Gasteiger partial charge in [-0.2, -0.15) is 0 Å². The van der Waals surface area contributed by atoms with Gasteiger partial charge >= 0.3 is 0 Å². The van der Waals surface area contributed by atoms with Gasteiger partial charge in [0.1, 0.15) is 0 Å². The second kappa shape index (κ2) is 8.18. The molecular formula is C18H23ClN2O. The zero-order valence-electron chi connectivity index (χ0n) is 13.0. The van der Waals surface area contributed by atoms with Crippen LogP contribution in [0, 0.1) is 6.92 Å². The minimum absolute atomic E-state index is 0.223. The Bertz CT molecular complexity index is 603. The molecule has 2 atom stereocenters. The first-order chi connectivity index (χ1) is 10.6. The number of aliphatic hydroxyl groups excluding tert-OH is 1. The molecule has 0 radical (unpaired) electrons. The van der Waals surface area contributed by atoms with Crippen molar-refractivity contribution >= 4 is 17.3 Å². The van der Waals surface area contributed by atoms with E-state index >= 15 is 0 Å². The Morgan fingerprint density at radius 2 is 1.91 bits per heavy atom. The van der Waals surface area contributed by atoms with E-state index in [0.717, 1.165) is 23.4 Å². The van der Waals surface area contributed by atoms with Crippen molar-refractivity contribution in [3.63, 3.8) is 0 Å². The summed E-state index contributed by atoms with van der Waals surface area (Å²) in [4.78, 5) is 0. The van der Waals surface area contributed by atoms with Crippen molar-refractivity contribution in [3.05, 3.63) is 64.7 Å². The minimum Gasteiger partial charge on any atom is -0.389 e. The van der Waals surface area contributed by atoms with Gasteiger partial charge in [-0.25, -0.2) is 0 Å². The molecule has 118 valence electrons. The average molecular weight is 319 g/mol. The van der Waals surface area contributed by atoms with E-state index in [9.17, 15) is 5.11 Å². The Morgan fingerprint density at radius 3 is 2.59 bits per heavy atom. The summed E-state index contributed by atoms with van der Waals surface area (Å²) < 4.78 is 0. The molecule has 0 saturated heterocycles. The van der Waals surface area contributed by atoms with Crippen molar-refractivity contribution < 1.29 is 5.11 Å². The molecule has 0 aromatic heterocycles. The van der Waals surface area contributed by atoms with Gasteiger partial charge in [-0.1, -0.05) is 48.9 Å². The monoisotopic (exact) mass is 318 g/mol. The molecule has 2 aromatic rings. The Morgan fingerprint density at radius 1 is 1.14 bits per heavy atom. The molecule has 0 aliphatic rings. The highest BCUT2D eigenvalue weighted by atomic mass is 35.5. The largest absolute Gasteiger partial charge is 0.389 e. The molecule has 3 nitrogen and oxygen atoms in total. The summed E-state index contributed by atoms with van der Waals surface area (Å²) in [7, 11) is 0. The van der Waals surface area contributed by atoms with Crippen molar-refractivity contribution in [3.8, 4) is 0 Å². The third-order valence-corrected chi connectivity index (χ3v) is 3.89. The number of likely N-dealkylation sites (N-methyl/N-ethyl adjacent to an activating group) is 1. The van der Waals surface area contributed by atoms with E-state index in [0.29, 0.717) is 11.6 Å². The molecule has 2 unspecified atom stereocenters. The fourth-order valence-corrected chi connectivity index (χ4v) is 2.61. The Hall–Kier alpha value is -1.55. The molecule has 0 amide bonds. The number of hydrogen-bond acceptors (Lipinski definition) is 3. The normalized spacial score (nSPS) is 13.6. The predicted octanol–water partition coefficient (Wildman–Crippen LogP) is 3.77. The van der Waals surface area contributed by atoms with Gasteiger partial charge in [0.25, 0.3) is 0 Å². The van der Waals surface area contributed by atoms with Gasteiger partial charge in [0, 0.05) is 17.3 Å². The van der Waals surface area contributed by atoms with E-state index < -0.39 is 6.10 Å². The lowest BCUT2D eigenvalue weighted by Gasteiger charge is -2.27. The second-order valence-electron chi connectivity index (χ2n) is 5.37. The van der Waals surface area contributed by atoms with Crippen LogP contribution in [0.2, 0.25) is 5.02 Å². The first kappa shape index (κ1) is 16.8. The van der Waals surface area contributed by atoms with Crippen LogP contribution >= 0.6 is 11.6 Å². The number of benzene rings is 2. The maximum Gasteiger partial charge on any atom is 0.0907 e. The van der Waals surface area contributed by atoms with Crippen LogP contribution in [0.15, 0.2) is 48.5 Å². The summed E-state index contributed by atoms with van der Waals surface area (Å²) in [6.45, 7) is 5.42. The van der Waals surface area contributed by atoms with Crippen LogP contribution in [0.3, 0.4) is 0 Å². The van der Waals surface area contributed by atoms with Gasteiger partial charge in [-0.05, 0) is 42.8 Å². The number of aryl methyl sites for hydroxylation is 1. The molecule has 0 spiro atoms. The van der Waals surface area contributed by atoms with Crippen LogP contribution in [0.5, 0.6) is 0 Å². The van der Waals surface area contributed by atoms with Crippen molar-refractivity contribution in [2.75, 3.05) is 18.4 Å². The summed E-state index contributed by atoms with van der Waals surface area (Å²) in [6, 6.07) is 15.5. The fourth-order valence-electron chi connectivity index (χ4n) is 2.41. The minimum atomic E-state index is -0.557. The van der Waals surface area contributed by atoms with Crippen molar-refractivity contribution in [2.24, 2.45) is 0 Å². The molecule has 2 aromatic carbocycles. The molecule has 0 aliphatic heterocycles. The highest BCUT2D eigenvalue weighted by Gasteiger charge is 2.21. The van der Waals surface area contributed by atoms with Gasteiger partial charge in [-0.3, -0.25) is 0 Å². The molecule has 0 fully saturated rings. The van der Waals surface area contributed by atoms with E-state index in [4.69, 9.17) is 11.6 Å². The number of hydrogen-bond donors (Lipinski definition) is 3. The first-order valence-corrected chi connectivity index (χ1v) is 7.96. The molecule has 2 rings (SSSR count). The van der Waals surface area contributed by atoms with E-state index in [-0.39, 0.29) is 6.04 Å². The van der Waals surface area contributed by atoms with Gasteiger partial charge in [-0.15, -0.1) is 0 Å². The zero-order valence-corrected chi connectivity index (χ0v) is 13.8. The van der Waals surface area contributed by atoms with Crippen molar-refractivity contribution in [2.45, 2.75) is 26.0 Å². The van der Waals surface area contributed by atoms with Gasteiger partial charge in [0.15, 0.2) is 0 Å². The lowest BCUT2D eigenvalue weighted by atomic mass is 10.00. The van der Waals surface area contributed by atoms with Crippen LogP contribution < -0.4 is 10.6 Å². The SMILES string of the molecule is CCNCC(O)C(Nc1ccccc1C)c1cccc(Cl)c1. The highest BCUT2D eigenvalue weighted by Crippen LogP contribution is 2.26. The summed E-state index contributed by atoms with van der Waals surface area (Å²) in [5.41, 5.74) is 3.13. The summed E-state index contributed by atoms with van der Waals surface area (Å²) in [6.07, 6.45) is -0.557. The van der Waals surface area contributed by atoms with E-state index in [1.54, 1.807) is 0 Å². The lowest BCUT2D eigenvalue weighted by molar-refractivity contribution is 0.150. The van der Waals surface area contributed by atoms with Crippen molar-refractivity contribution in [1.82, 2.24) is 5.32 Å². The van der Waals surface area contributed by atoms with E-state index in [1.807, 2.05) is 62.4 Å². The lowest BCUT2D eigenvalue weighted by Crippen LogP contribution is -2.35. The maximum absolute atomic E-state index is 10.6. The van der Waals surface area contributed by atoms with E-state index in [2.05, 4.69) is 10.6 Å². The Labute approximate surface area is 137 Å². The summed E-state index contributed by atoms with van der Waals surface area (Å²) in [5, 5.41) is 17.9. The van der Waals surface area contributed by atoms with Crippen LogP contribution in [-0.4, -0.2) is 24.3 Å².